The number of carbonyl (C=O) groups excluding carboxylic acids is 2. The van der Waals surface area contributed by atoms with Gasteiger partial charge in [-0.05, 0) is 12.1 Å². The number of guanidine groups is 1. The predicted molar refractivity (Wildman–Crippen MR) is 54.8 cm³/mol. The van der Waals surface area contributed by atoms with Crippen LogP contribution in [0.1, 0.15) is 0 Å². The first-order chi connectivity index (χ1) is 7.20. The molecule has 1 aromatic rings. The summed E-state index contributed by atoms with van der Waals surface area (Å²) in [4.78, 5) is 29.5. The maximum absolute atomic E-state index is 11.5. The van der Waals surface area contributed by atoms with Gasteiger partial charge in [-0.2, -0.15) is 4.99 Å². The standard InChI is InChI=1S/C10H7N3O2/c1-12-6-4-2-3-5-7(6)13-9(15)8(14)11-10(12)13/h2-5H,1H3. The summed E-state index contributed by atoms with van der Waals surface area (Å²) < 4.78 is 0. The van der Waals surface area contributed by atoms with Crippen LogP contribution in [-0.4, -0.2) is 24.8 Å². The lowest BCUT2D eigenvalue weighted by atomic mass is 10.2. The van der Waals surface area contributed by atoms with Crippen LogP contribution < -0.4 is 9.80 Å². The van der Waals surface area contributed by atoms with Gasteiger partial charge in [-0.25, -0.2) is 4.90 Å². The molecule has 0 aliphatic carbocycles. The molecule has 74 valence electrons. The second-order valence-electron chi connectivity index (χ2n) is 3.41. The highest BCUT2D eigenvalue weighted by Gasteiger charge is 2.43. The Morgan fingerprint density at radius 3 is 2.53 bits per heavy atom. The molecule has 5 heteroatoms. The fourth-order valence-corrected chi connectivity index (χ4v) is 1.86. The number of rotatable bonds is 0. The molecule has 3 rings (SSSR count). The number of aliphatic imine (C=N–C) groups is 1. The van der Waals surface area contributed by atoms with Crippen molar-refractivity contribution in [2.24, 2.45) is 4.99 Å². The fraction of sp³-hybridized carbons (Fsp3) is 0.100. The van der Waals surface area contributed by atoms with Crippen LogP contribution in [0.25, 0.3) is 0 Å². The lowest BCUT2D eigenvalue weighted by molar-refractivity contribution is -0.134. The molecule has 0 unspecified atom stereocenters. The van der Waals surface area contributed by atoms with E-state index in [0.717, 1.165) is 11.4 Å². The average Bonchev–Trinajstić information content (AvgIpc) is 2.68. The van der Waals surface area contributed by atoms with Gasteiger partial charge in [0.1, 0.15) is 0 Å². The quantitative estimate of drug-likeness (QED) is 0.570. The summed E-state index contributed by atoms with van der Waals surface area (Å²) in [6.07, 6.45) is 0. The lowest BCUT2D eigenvalue weighted by Crippen LogP contribution is -2.36. The highest BCUT2D eigenvalue weighted by Crippen LogP contribution is 2.37. The summed E-state index contributed by atoms with van der Waals surface area (Å²) >= 11 is 0. The van der Waals surface area contributed by atoms with E-state index in [1.807, 2.05) is 18.2 Å². The molecule has 0 radical (unpaired) electrons. The number of amides is 2. The zero-order chi connectivity index (χ0) is 10.6. The van der Waals surface area contributed by atoms with Crippen molar-refractivity contribution in [2.75, 3.05) is 16.8 Å². The number of anilines is 2. The molecule has 0 atom stereocenters. The minimum absolute atomic E-state index is 0.395. The van der Waals surface area contributed by atoms with Gasteiger partial charge >= 0.3 is 11.8 Å². The van der Waals surface area contributed by atoms with Gasteiger partial charge in [0.15, 0.2) is 0 Å². The molecule has 0 bridgehead atoms. The minimum atomic E-state index is -0.702. The van der Waals surface area contributed by atoms with E-state index in [9.17, 15) is 9.59 Å². The molecule has 2 heterocycles. The van der Waals surface area contributed by atoms with Crippen molar-refractivity contribution in [3.8, 4) is 0 Å². The lowest BCUT2D eigenvalue weighted by Gasteiger charge is -2.10. The average molecular weight is 201 g/mol. The number of nitrogens with zero attached hydrogens (tertiary/aromatic N) is 3. The van der Waals surface area contributed by atoms with E-state index in [4.69, 9.17) is 0 Å². The van der Waals surface area contributed by atoms with Crippen LogP contribution in [0.4, 0.5) is 11.4 Å². The van der Waals surface area contributed by atoms with Crippen molar-refractivity contribution in [3.05, 3.63) is 24.3 Å². The Morgan fingerprint density at radius 2 is 1.80 bits per heavy atom. The van der Waals surface area contributed by atoms with Crippen LogP contribution in [-0.2, 0) is 9.59 Å². The summed E-state index contributed by atoms with van der Waals surface area (Å²) in [7, 11) is 1.78. The summed E-state index contributed by atoms with van der Waals surface area (Å²) in [5.41, 5.74) is 1.60. The third kappa shape index (κ3) is 0.843. The van der Waals surface area contributed by atoms with E-state index in [2.05, 4.69) is 4.99 Å². The van der Waals surface area contributed by atoms with Crippen LogP contribution >= 0.6 is 0 Å². The number of para-hydroxylation sites is 2. The zero-order valence-corrected chi connectivity index (χ0v) is 7.97. The molecule has 5 nitrogen and oxygen atoms in total. The third-order valence-corrected chi connectivity index (χ3v) is 2.57. The molecule has 0 N–H and O–H groups in total. The van der Waals surface area contributed by atoms with E-state index in [1.54, 1.807) is 18.0 Å². The van der Waals surface area contributed by atoms with Crippen molar-refractivity contribution in [1.82, 2.24) is 0 Å². The molecule has 2 aliphatic heterocycles. The van der Waals surface area contributed by atoms with Crippen LogP contribution in [0.2, 0.25) is 0 Å². The van der Waals surface area contributed by atoms with Gasteiger partial charge in [-0.15, -0.1) is 0 Å². The molecular weight excluding hydrogens is 194 g/mol. The second kappa shape index (κ2) is 2.44. The first-order valence-electron chi connectivity index (χ1n) is 4.50. The molecule has 0 saturated heterocycles. The van der Waals surface area contributed by atoms with Crippen LogP contribution in [0, 0.1) is 0 Å². The van der Waals surface area contributed by atoms with E-state index in [-0.39, 0.29) is 0 Å². The topological polar surface area (TPSA) is 53.0 Å². The molecule has 1 aromatic carbocycles. The molecule has 2 aliphatic rings. The number of hydrogen-bond acceptors (Lipinski definition) is 3. The zero-order valence-electron chi connectivity index (χ0n) is 7.97. The molecule has 0 aromatic heterocycles. The summed E-state index contributed by atoms with van der Waals surface area (Å²) in [6, 6.07) is 7.38. The van der Waals surface area contributed by atoms with Crippen LogP contribution in [0.15, 0.2) is 29.3 Å². The van der Waals surface area contributed by atoms with Crippen molar-refractivity contribution in [3.63, 3.8) is 0 Å². The van der Waals surface area contributed by atoms with Gasteiger partial charge in [0.05, 0.1) is 11.4 Å². The highest BCUT2D eigenvalue weighted by atomic mass is 16.2. The minimum Gasteiger partial charge on any atom is -0.313 e. The Morgan fingerprint density at radius 1 is 1.13 bits per heavy atom. The molecule has 15 heavy (non-hydrogen) atoms. The first-order valence-corrected chi connectivity index (χ1v) is 4.50. The van der Waals surface area contributed by atoms with Crippen LogP contribution in [0.5, 0.6) is 0 Å². The monoisotopic (exact) mass is 201 g/mol. The van der Waals surface area contributed by atoms with Gasteiger partial charge < -0.3 is 4.90 Å². The number of carbonyl (C=O) groups is 2. The normalized spacial score (nSPS) is 18.1. The maximum Gasteiger partial charge on any atom is 0.339 e. The molecule has 0 spiro atoms. The Labute approximate surface area is 85.6 Å². The molecule has 0 saturated carbocycles. The smallest absolute Gasteiger partial charge is 0.313 e. The Bertz CT molecular complexity index is 521. The number of fused-ring (bicyclic) bond motifs is 3. The second-order valence-corrected chi connectivity index (χ2v) is 3.41. The summed E-state index contributed by atoms with van der Waals surface area (Å²) in [5.74, 6) is -0.889. The third-order valence-electron chi connectivity index (χ3n) is 2.57. The highest BCUT2D eigenvalue weighted by molar-refractivity contribution is 6.55. The Hall–Kier alpha value is -2.17. The Kier molecular flexibility index (Phi) is 1.33. The van der Waals surface area contributed by atoms with Crippen molar-refractivity contribution >= 4 is 29.1 Å². The van der Waals surface area contributed by atoms with Gasteiger partial charge in [0.25, 0.3) is 0 Å². The van der Waals surface area contributed by atoms with E-state index in [0.29, 0.717) is 5.96 Å². The van der Waals surface area contributed by atoms with E-state index >= 15 is 0 Å². The van der Waals surface area contributed by atoms with E-state index < -0.39 is 11.8 Å². The van der Waals surface area contributed by atoms with Crippen molar-refractivity contribution in [2.45, 2.75) is 0 Å². The summed E-state index contributed by atoms with van der Waals surface area (Å²) in [5, 5.41) is 0. The molecular formula is C10H7N3O2. The largest absolute Gasteiger partial charge is 0.339 e. The summed E-state index contributed by atoms with van der Waals surface area (Å²) in [6.45, 7) is 0. The van der Waals surface area contributed by atoms with Gasteiger partial charge in [-0.3, -0.25) is 9.59 Å². The first kappa shape index (κ1) is 8.16. The SMILES string of the molecule is CN1C2=NC(=O)C(=O)N2c2ccccc21. The Balaban J connectivity index is 2.25. The number of benzene rings is 1. The maximum atomic E-state index is 11.5. The van der Waals surface area contributed by atoms with Crippen LogP contribution in [0.3, 0.4) is 0 Å². The van der Waals surface area contributed by atoms with Gasteiger partial charge in [0.2, 0.25) is 5.96 Å². The van der Waals surface area contributed by atoms with Gasteiger partial charge in [0, 0.05) is 7.05 Å². The van der Waals surface area contributed by atoms with Crippen molar-refractivity contribution < 1.29 is 9.59 Å². The number of hydrogen-bond donors (Lipinski definition) is 0. The fourth-order valence-electron chi connectivity index (χ4n) is 1.86. The molecule has 2 amide bonds. The molecule has 0 fully saturated rings. The predicted octanol–water partition coefficient (Wildman–Crippen LogP) is 0.366. The van der Waals surface area contributed by atoms with Crippen molar-refractivity contribution in [1.29, 1.82) is 0 Å². The van der Waals surface area contributed by atoms with Gasteiger partial charge in [-0.1, -0.05) is 12.1 Å². The van der Waals surface area contributed by atoms with E-state index in [1.165, 1.54) is 4.90 Å².